The first-order valence-corrected chi connectivity index (χ1v) is 7.26. The highest BCUT2D eigenvalue weighted by molar-refractivity contribution is 5.48. The van der Waals surface area contributed by atoms with Crippen LogP contribution >= 0.6 is 0 Å². The summed E-state index contributed by atoms with van der Waals surface area (Å²) in [5.74, 6) is 8.96. The number of hydrogen-bond donors (Lipinski definition) is 3. The van der Waals surface area contributed by atoms with Crippen molar-refractivity contribution in [1.82, 2.24) is 14.9 Å². The number of nitrogens with two attached hydrogens (primary N) is 1. The number of nitrogens with one attached hydrogen (secondary N) is 2. The lowest BCUT2D eigenvalue weighted by atomic mass is 10.0. The van der Waals surface area contributed by atoms with Gasteiger partial charge in [-0.05, 0) is 32.9 Å². The molecule has 0 saturated heterocycles. The van der Waals surface area contributed by atoms with E-state index in [0.717, 1.165) is 18.2 Å². The van der Waals surface area contributed by atoms with Gasteiger partial charge in [0.05, 0.1) is 0 Å². The van der Waals surface area contributed by atoms with Gasteiger partial charge in [0.15, 0.2) is 0 Å². The van der Waals surface area contributed by atoms with Crippen molar-refractivity contribution in [3.8, 4) is 0 Å². The molecule has 1 fully saturated rings. The normalized spacial score (nSPS) is 16.6. The molecule has 0 bridgehead atoms. The minimum Gasteiger partial charge on any atom is -0.366 e. The second-order valence-electron chi connectivity index (χ2n) is 6.17. The molecule has 6 heteroatoms. The summed E-state index contributed by atoms with van der Waals surface area (Å²) in [6, 6.07) is 2.22. The van der Waals surface area contributed by atoms with E-state index in [1.54, 1.807) is 0 Å². The largest absolute Gasteiger partial charge is 0.366 e. The van der Waals surface area contributed by atoms with Crippen molar-refractivity contribution in [2.75, 3.05) is 31.4 Å². The third-order valence-corrected chi connectivity index (χ3v) is 3.53. The minimum atomic E-state index is 0.345. The second kappa shape index (κ2) is 6.37. The molecule has 0 radical (unpaired) electrons. The van der Waals surface area contributed by atoms with Gasteiger partial charge in [0.1, 0.15) is 17.5 Å². The average Bonchev–Trinajstić information content (AvgIpc) is 3.21. The van der Waals surface area contributed by atoms with E-state index in [9.17, 15) is 0 Å². The monoisotopic (exact) mass is 278 g/mol. The smallest absolute Gasteiger partial charge is 0.145 e. The van der Waals surface area contributed by atoms with Gasteiger partial charge in [-0.3, -0.25) is 0 Å². The van der Waals surface area contributed by atoms with Crippen molar-refractivity contribution in [3.05, 3.63) is 11.9 Å². The highest BCUT2D eigenvalue weighted by atomic mass is 15.3. The van der Waals surface area contributed by atoms with Gasteiger partial charge in [-0.25, -0.2) is 15.8 Å². The second-order valence-corrected chi connectivity index (χ2v) is 6.17. The Morgan fingerprint density at radius 2 is 1.95 bits per heavy atom. The van der Waals surface area contributed by atoms with Gasteiger partial charge in [0.2, 0.25) is 0 Å². The first kappa shape index (κ1) is 15.0. The lowest BCUT2D eigenvalue weighted by Gasteiger charge is -2.26. The van der Waals surface area contributed by atoms with E-state index in [1.807, 2.05) is 6.07 Å². The zero-order chi connectivity index (χ0) is 14.7. The van der Waals surface area contributed by atoms with Gasteiger partial charge in [0, 0.05) is 24.6 Å². The number of likely N-dealkylation sites (N-methyl/N-ethyl adjacent to an activating group) is 1. The van der Waals surface area contributed by atoms with E-state index >= 15 is 0 Å². The van der Waals surface area contributed by atoms with E-state index in [0.29, 0.717) is 23.7 Å². The van der Waals surface area contributed by atoms with Crippen LogP contribution in [0.2, 0.25) is 0 Å². The van der Waals surface area contributed by atoms with E-state index < -0.39 is 0 Å². The van der Waals surface area contributed by atoms with Crippen LogP contribution in [0.15, 0.2) is 6.07 Å². The quantitative estimate of drug-likeness (QED) is 0.520. The third kappa shape index (κ3) is 4.05. The summed E-state index contributed by atoms with van der Waals surface area (Å²) >= 11 is 0. The standard InChI is InChI=1S/C14H26N6/c1-9(2)11(8-20(3)4)16-12-7-13(19-15)18-14(17-12)10-5-6-10/h7,9-11H,5-6,8,15H2,1-4H3,(H2,16,17,18,19). The number of rotatable bonds is 7. The van der Waals surface area contributed by atoms with E-state index in [2.05, 4.69) is 53.6 Å². The van der Waals surface area contributed by atoms with E-state index in [4.69, 9.17) is 5.84 Å². The molecule has 0 aliphatic heterocycles. The Bertz CT molecular complexity index is 441. The van der Waals surface area contributed by atoms with Crippen molar-refractivity contribution in [3.63, 3.8) is 0 Å². The fraction of sp³-hybridized carbons (Fsp3) is 0.714. The molecule has 2 rings (SSSR count). The molecule has 0 aromatic carbocycles. The summed E-state index contributed by atoms with van der Waals surface area (Å²) in [5, 5.41) is 3.52. The molecule has 0 amide bonds. The third-order valence-electron chi connectivity index (χ3n) is 3.53. The maximum Gasteiger partial charge on any atom is 0.145 e. The van der Waals surface area contributed by atoms with Crippen LogP contribution in [0.5, 0.6) is 0 Å². The summed E-state index contributed by atoms with van der Waals surface area (Å²) < 4.78 is 0. The van der Waals surface area contributed by atoms with Crippen molar-refractivity contribution < 1.29 is 0 Å². The summed E-state index contributed by atoms with van der Waals surface area (Å²) in [7, 11) is 4.17. The maximum atomic E-state index is 5.50. The summed E-state index contributed by atoms with van der Waals surface area (Å²) in [6.07, 6.45) is 2.36. The number of hydrogen-bond acceptors (Lipinski definition) is 6. The van der Waals surface area contributed by atoms with Crippen LogP contribution in [-0.2, 0) is 0 Å². The molecule has 6 nitrogen and oxygen atoms in total. The molecule has 1 aromatic rings. The zero-order valence-corrected chi connectivity index (χ0v) is 12.8. The number of aromatic nitrogens is 2. The Morgan fingerprint density at radius 3 is 2.45 bits per heavy atom. The van der Waals surface area contributed by atoms with Crippen molar-refractivity contribution in [2.24, 2.45) is 11.8 Å². The average molecular weight is 278 g/mol. The van der Waals surface area contributed by atoms with Crippen molar-refractivity contribution in [2.45, 2.75) is 38.6 Å². The molecule has 1 unspecified atom stereocenters. The van der Waals surface area contributed by atoms with Crippen LogP contribution in [0, 0.1) is 5.92 Å². The molecule has 1 saturated carbocycles. The Kier molecular flexibility index (Phi) is 4.77. The number of anilines is 2. The van der Waals surface area contributed by atoms with Crippen LogP contribution in [0.25, 0.3) is 0 Å². The minimum absolute atomic E-state index is 0.345. The van der Waals surface area contributed by atoms with Gasteiger partial charge in [-0.15, -0.1) is 0 Å². The first-order valence-electron chi connectivity index (χ1n) is 7.26. The van der Waals surface area contributed by atoms with Crippen LogP contribution < -0.4 is 16.6 Å². The molecule has 1 aromatic heterocycles. The van der Waals surface area contributed by atoms with Gasteiger partial charge >= 0.3 is 0 Å². The van der Waals surface area contributed by atoms with Crippen LogP contribution in [0.1, 0.15) is 38.4 Å². The van der Waals surface area contributed by atoms with Crippen LogP contribution in [0.4, 0.5) is 11.6 Å². The van der Waals surface area contributed by atoms with E-state index in [1.165, 1.54) is 12.8 Å². The van der Waals surface area contributed by atoms with Crippen molar-refractivity contribution in [1.29, 1.82) is 0 Å². The van der Waals surface area contributed by atoms with Crippen LogP contribution in [-0.4, -0.2) is 41.5 Å². The summed E-state index contributed by atoms with van der Waals surface area (Å²) in [5.41, 5.74) is 2.63. The molecule has 1 heterocycles. The van der Waals surface area contributed by atoms with Gasteiger partial charge in [0.25, 0.3) is 0 Å². The fourth-order valence-electron chi connectivity index (χ4n) is 2.14. The summed E-state index contributed by atoms with van der Waals surface area (Å²) in [4.78, 5) is 11.2. The Morgan fingerprint density at radius 1 is 1.30 bits per heavy atom. The molecule has 112 valence electrons. The molecule has 20 heavy (non-hydrogen) atoms. The first-order chi connectivity index (χ1) is 9.49. The van der Waals surface area contributed by atoms with Gasteiger partial charge < -0.3 is 15.6 Å². The van der Waals surface area contributed by atoms with Crippen LogP contribution in [0.3, 0.4) is 0 Å². The number of nitrogens with zero attached hydrogens (tertiary/aromatic N) is 3. The number of hydrazine groups is 1. The highest BCUT2D eigenvalue weighted by Crippen LogP contribution is 2.38. The SMILES string of the molecule is CC(C)C(CN(C)C)Nc1cc(NN)nc(C2CC2)n1. The molecular formula is C14H26N6. The van der Waals surface area contributed by atoms with Gasteiger partial charge in [-0.2, -0.15) is 0 Å². The predicted octanol–water partition coefficient (Wildman–Crippen LogP) is 1.64. The molecular weight excluding hydrogens is 252 g/mol. The molecule has 1 aliphatic carbocycles. The highest BCUT2D eigenvalue weighted by Gasteiger charge is 2.27. The lowest BCUT2D eigenvalue weighted by Crippen LogP contribution is -2.36. The van der Waals surface area contributed by atoms with E-state index in [-0.39, 0.29) is 0 Å². The molecule has 1 aliphatic rings. The Hall–Kier alpha value is -1.40. The molecule has 0 spiro atoms. The lowest BCUT2D eigenvalue weighted by molar-refractivity contribution is 0.344. The topological polar surface area (TPSA) is 79.1 Å². The Labute approximate surface area is 121 Å². The fourth-order valence-corrected chi connectivity index (χ4v) is 2.14. The number of nitrogen functional groups attached to an aromatic ring is 1. The molecule has 1 atom stereocenters. The maximum absolute atomic E-state index is 5.50. The van der Waals surface area contributed by atoms with Crippen molar-refractivity contribution >= 4 is 11.6 Å². The predicted molar refractivity (Wildman–Crippen MR) is 82.6 cm³/mol. The van der Waals surface area contributed by atoms with Gasteiger partial charge in [-0.1, -0.05) is 13.8 Å². The molecule has 4 N–H and O–H groups in total. The Balaban J connectivity index is 2.15. The zero-order valence-electron chi connectivity index (χ0n) is 12.8. The summed E-state index contributed by atoms with van der Waals surface area (Å²) in [6.45, 7) is 5.39.